The standard InChI is InChI=1S/C14H14ClF2NO3/c1-6-2-8(9(3-6)14(20)21)13(19)18-12-10(15)4-7(16)5-11(12)17/h4-6,8-9H,2-3H2,1H3,(H,18,19)(H,20,21). The maximum absolute atomic E-state index is 13.6. The van der Waals surface area contributed by atoms with E-state index in [4.69, 9.17) is 16.7 Å². The minimum Gasteiger partial charge on any atom is -0.481 e. The van der Waals surface area contributed by atoms with Crippen molar-refractivity contribution in [3.05, 3.63) is 28.8 Å². The average Bonchev–Trinajstić information content (AvgIpc) is 2.76. The van der Waals surface area contributed by atoms with Crippen LogP contribution in [0.3, 0.4) is 0 Å². The molecule has 0 heterocycles. The number of rotatable bonds is 3. The van der Waals surface area contributed by atoms with E-state index in [1.807, 2.05) is 6.92 Å². The summed E-state index contributed by atoms with van der Waals surface area (Å²) in [7, 11) is 0. The van der Waals surface area contributed by atoms with Gasteiger partial charge < -0.3 is 10.4 Å². The Morgan fingerprint density at radius 3 is 2.48 bits per heavy atom. The van der Waals surface area contributed by atoms with Crippen LogP contribution in [-0.2, 0) is 9.59 Å². The van der Waals surface area contributed by atoms with Gasteiger partial charge in [-0.25, -0.2) is 8.78 Å². The zero-order chi connectivity index (χ0) is 15.7. The second-order valence-electron chi connectivity index (χ2n) is 5.36. The SMILES string of the molecule is CC1CC(C(=O)O)C(C(=O)Nc2c(F)cc(F)cc2Cl)C1. The zero-order valence-electron chi connectivity index (χ0n) is 11.2. The van der Waals surface area contributed by atoms with Gasteiger partial charge in [0.1, 0.15) is 5.82 Å². The molecule has 0 bridgehead atoms. The van der Waals surface area contributed by atoms with E-state index in [-0.39, 0.29) is 16.6 Å². The fraction of sp³-hybridized carbons (Fsp3) is 0.429. The molecule has 1 aromatic rings. The van der Waals surface area contributed by atoms with E-state index in [1.54, 1.807) is 0 Å². The largest absolute Gasteiger partial charge is 0.481 e. The van der Waals surface area contributed by atoms with Crippen molar-refractivity contribution in [1.82, 2.24) is 0 Å². The van der Waals surface area contributed by atoms with Crippen LogP contribution in [0, 0.1) is 29.4 Å². The van der Waals surface area contributed by atoms with Crippen molar-refractivity contribution in [2.24, 2.45) is 17.8 Å². The van der Waals surface area contributed by atoms with Crippen molar-refractivity contribution in [2.75, 3.05) is 5.32 Å². The molecule has 4 nitrogen and oxygen atoms in total. The number of hydrogen-bond acceptors (Lipinski definition) is 2. The van der Waals surface area contributed by atoms with Crippen molar-refractivity contribution in [1.29, 1.82) is 0 Å². The van der Waals surface area contributed by atoms with E-state index in [9.17, 15) is 18.4 Å². The normalized spacial score (nSPS) is 24.9. The van der Waals surface area contributed by atoms with Crippen LogP contribution < -0.4 is 5.32 Å². The van der Waals surface area contributed by atoms with Crippen molar-refractivity contribution in [2.45, 2.75) is 19.8 Å². The zero-order valence-corrected chi connectivity index (χ0v) is 12.0. The molecule has 1 saturated carbocycles. The lowest BCUT2D eigenvalue weighted by Crippen LogP contribution is -2.30. The molecular formula is C14H14ClF2NO3. The molecule has 1 fully saturated rings. The van der Waals surface area contributed by atoms with Gasteiger partial charge in [-0.3, -0.25) is 9.59 Å². The topological polar surface area (TPSA) is 66.4 Å². The molecule has 1 aromatic carbocycles. The maximum Gasteiger partial charge on any atom is 0.307 e. The molecule has 0 aliphatic heterocycles. The summed E-state index contributed by atoms with van der Waals surface area (Å²) >= 11 is 5.70. The van der Waals surface area contributed by atoms with Gasteiger partial charge in [-0.1, -0.05) is 18.5 Å². The lowest BCUT2D eigenvalue weighted by atomic mass is 9.95. The number of anilines is 1. The predicted octanol–water partition coefficient (Wildman–Crippen LogP) is 3.30. The second kappa shape index (κ2) is 5.97. The summed E-state index contributed by atoms with van der Waals surface area (Å²) in [6.07, 6.45) is 0.802. The summed E-state index contributed by atoms with van der Waals surface area (Å²) in [5.74, 6) is -4.97. The molecule has 3 unspecified atom stereocenters. The lowest BCUT2D eigenvalue weighted by Gasteiger charge is -2.16. The van der Waals surface area contributed by atoms with E-state index in [1.165, 1.54) is 0 Å². The molecular weight excluding hydrogens is 304 g/mol. The van der Waals surface area contributed by atoms with Crippen LogP contribution in [0.2, 0.25) is 5.02 Å². The van der Waals surface area contributed by atoms with Crippen LogP contribution >= 0.6 is 11.6 Å². The molecule has 0 spiro atoms. The average molecular weight is 318 g/mol. The summed E-state index contributed by atoms with van der Waals surface area (Å²) < 4.78 is 26.6. The molecule has 0 radical (unpaired) electrons. The van der Waals surface area contributed by atoms with Gasteiger partial charge >= 0.3 is 5.97 Å². The first-order chi connectivity index (χ1) is 9.79. The fourth-order valence-electron chi connectivity index (χ4n) is 2.73. The van der Waals surface area contributed by atoms with Gasteiger partial charge in [-0.2, -0.15) is 0 Å². The second-order valence-corrected chi connectivity index (χ2v) is 5.77. The third-order valence-corrected chi connectivity index (χ3v) is 4.01. The van der Waals surface area contributed by atoms with E-state index < -0.39 is 35.3 Å². The molecule has 1 amide bonds. The minimum absolute atomic E-state index is 0.0930. The Morgan fingerprint density at radius 1 is 1.29 bits per heavy atom. The van der Waals surface area contributed by atoms with Gasteiger partial charge in [-0.15, -0.1) is 0 Å². The summed E-state index contributed by atoms with van der Waals surface area (Å²) in [4.78, 5) is 23.3. The van der Waals surface area contributed by atoms with Gasteiger partial charge in [-0.05, 0) is 24.8 Å². The maximum atomic E-state index is 13.6. The smallest absolute Gasteiger partial charge is 0.307 e. The van der Waals surface area contributed by atoms with Gasteiger partial charge in [0.2, 0.25) is 5.91 Å². The number of hydrogen-bond donors (Lipinski definition) is 2. The van der Waals surface area contributed by atoms with Crippen molar-refractivity contribution in [3.8, 4) is 0 Å². The number of halogens is 3. The van der Waals surface area contributed by atoms with Crippen LogP contribution in [0.15, 0.2) is 12.1 Å². The summed E-state index contributed by atoms with van der Waals surface area (Å²) in [6.45, 7) is 1.86. The lowest BCUT2D eigenvalue weighted by molar-refractivity contribution is -0.145. The Kier molecular flexibility index (Phi) is 4.46. The van der Waals surface area contributed by atoms with E-state index >= 15 is 0 Å². The van der Waals surface area contributed by atoms with Gasteiger partial charge in [0.05, 0.1) is 22.5 Å². The van der Waals surface area contributed by atoms with Crippen LogP contribution in [0.1, 0.15) is 19.8 Å². The number of nitrogens with one attached hydrogen (secondary N) is 1. The molecule has 21 heavy (non-hydrogen) atoms. The summed E-state index contributed by atoms with van der Waals surface area (Å²) in [5, 5.41) is 11.1. The van der Waals surface area contributed by atoms with E-state index in [0.717, 1.165) is 6.07 Å². The number of carbonyl (C=O) groups is 2. The molecule has 0 aromatic heterocycles. The third-order valence-electron chi connectivity index (χ3n) is 3.71. The Morgan fingerprint density at radius 2 is 1.90 bits per heavy atom. The highest BCUT2D eigenvalue weighted by atomic mass is 35.5. The third kappa shape index (κ3) is 3.32. The van der Waals surface area contributed by atoms with Crippen LogP contribution in [0.25, 0.3) is 0 Å². The van der Waals surface area contributed by atoms with Crippen molar-refractivity contribution >= 4 is 29.2 Å². The van der Waals surface area contributed by atoms with Crippen molar-refractivity contribution in [3.63, 3.8) is 0 Å². The molecule has 1 aliphatic carbocycles. The number of carboxylic acids is 1. The number of carbonyl (C=O) groups excluding carboxylic acids is 1. The molecule has 2 rings (SSSR count). The van der Waals surface area contributed by atoms with Crippen LogP contribution in [0.4, 0.5) is 14.5 Å². The van der Waals surface area contributed by atoms with Gasteiger partial charge in [0.15, 0.2) is 5.82 Å². The minimum atomic E-state index is -1.05. The van der Waals surface area contributed by atoms with Gasteiger partial charge in [0.25, 0.3) is 0 Å². The molecule has 1 aliphatic rings. The summed E-state index contributed by atoms with van der Waals surface area (Å²) in [6, 6.07) is 1.49. The molecule has 7 heteroatoms. The van der Waals surface area contributed by atoms with E-state index in [0.29, 0.717) is 18.9 Å². The number of benzene rings is 1. The molecule has 3 atom stereocenters. The Bertz CT molecular complexity index is 571. The first-order valence-electron chi connectivity index (χ1n) is 6.47. The van der Waals surface area contributed by atoms with Crippen molar-refractivity contribution < 1.29 is 23.5 Å². The predicted molar refractivity (Wildman–Crippen MR) is 73.0 cm³/mol. The van der Waals surface area contributed by atoms with E-state index in [2.05, 4.69) is 5.32 Å². The molecule has 114 valence electrons. The highest BCUT2D eigenvalue weighted by molar-refractivity contribution is 6.33. The van der Waals surface area contributed by atoms with Crippen LogP contribution in [-0.4, -0.2) is 17.0 Å². The number of aliphatic carboxylic acids is 1. The fourth-order valence-corrected chi connectivity index (χ4v) is 2.97. The molecule has 0 saturated heterocycles. The number of amides is 1. The van der Waals surface area contributed by atoms with Crippen LogP contribution in [0.5, 0.6) is 0 Å². The first kappa shape index (κ1) is 15.7. The quantitative estimate of drug-likeness (QED) is 0.899. The first-order valence-corrected chi connectivity index (χ1v) is 6.85. The van der Waals surface area contributed by atoms with Gasteiger partial charge in [0, 0.05) is 6.07 Å². The number of carboxylic acid groups (broad SMARTS) is 1. The summed E-state index contributed by atoms with van der Waals surface area (Å²) in [5.41, 5.74) is -0.327. The highest BCUT2D eigenvalue weighted by Gasteiger charge is 2.41. The Labute approximate surface area is 125 Å². The Hall–Kier alpha value is -1.69. The molecule has 2 N–H and O–H groups in total. The Balaban J connectivity index is 2.20. The monoisotopic (exact) mass is 317 g/mol. The highest BCUT2D eigenvalue weighted by Crippen LogP contribution is 2.38.